The Balaban J connectivity index is 1.69. The fourth-order valence-corrected chi connectivity index (χ4v) is 4.41. The number of imide groups is 1. The van der Waals surface area contributed by atoms with E-state index in [1.54, 1.807) is 69.3 Å². The second-order valence-corrected chi connectivity index (χ2v) is 8.07. The largest absolute Gasteiger partial charge is 0.462 e. The number of esters is 1. The van der Waals surface area contributed by atoms with Gasteiger partial charge in [-0.05, 0) is 37.5 Å². The van der Waals surface area contributed by atoms with E-state index in [1.807, 2.05) is 12.1 Å². The molecule has 174 valence electrons. The summed E-state index contributed by atoms with van der Waals surface area (Å²) in [6.07, 6.45) is 0. The highest BCUT2D eigenvalue weighted by Crippen LogP contribution is 2.36. The summed E-state index contributed by atoms with van der Waals surface area (Å²) in [7, 11) is 0. The Morgan fingerprint density at radius 1 is 0.941 bits per heavy atom. The molecule has 1 aliphatic rings. The van der Waals surface area contributed by atoms with Crippen molar-refractivity contribution in [3.8, 4) is 0 Å². The topological polar surface area (TPSA) is 109 Å². The fourth-order valence-electron chi connectivity index (χ4n) is 4.41. The van der Waals surface area contributed by atoms with Gasteiger partial charge in [0.15, 0.2) is 11.3 Å². The number of aromatic nitrogens is 1. The Kier molecular flexibility index (Phi) is 6.06. The number of carbonyl (C=O) groups excluding carboxylic acids is 4. The summed E-state index contributed by atoms with van der Waals surface area (Å²) in [4.78, 5) is 56.1. The number of amides is 3. The van der Waals surface area contributed by atoms with E-state index < -0.39 is 35.8 Å². The van der Waals surface area contributed by atoms with Gasteiger partial charge in [-0.3, -0.25) is 14.5 Å². The summed E-state index contributed by atoms with van der Waals surface area (Å²) < 4.78 is 5.08. The molecule has 2 heterocycles. The van der Waals surface area contributed by atoms with Crippen molar-refractivity contribution in [2.75, 3.05) is 13.2 Å². The van der Waals surface area contributed by atoms with Gasteiger partial charge < -0.3 is 15.0 Å². The van der Waals surface area contributed by atoms with Crippen molar-refractivity contribution < 1.29 is 23.9 Å². The summed E-state index contributed by atoms with van der Waals surface area (Å²) in [5.74, 6) is -1.57. The summed E-state index contributed by atoms with van der Waals surface area (Å²) in [6.45, 7) is 4.72. The van der Waals surface area contributed by atoms with Crippen molar-refractivity contribution in [1.29, 1.82) is 0 Å². The Hall–Kier alpha value is -4.20. The number of carbonyl (C=O) groups is 4. The Morgan fingerprint density at radius 2 is 1.50 bits per heavy atom. The molecule has 4 rings (SSSR count). The minimum Gasteiger partial charge on any atom is -0.462 e. The molecule has 0 saturated carbocycles. The number of benzene rings is 2. The second-order valence-electron chi connectivity index (χ2n) is 8.07. The minimum absolute atomic E-state index is 0.165. The molecule has 1 aliphatic heterocycles. The molecular weight excluding hydrogens is 434 g/mol. The van der Waals surface area contributed by atoms with E-state index in [2.05, 4.69) is 10.3 Å². The maximum absolute atomic E-state index is 13.8. The monoisotopic (exact) mass is 459 g/mol. The summed E-state index contributed by atoms with van der Waals surface area (Å²) in [5, 5.41) is 2.82. The number of ketones is 1. The van der Waals surface area contributed by atoms with Gasteiger partial charge in [0.25, 0.3) is 5.91 Å². The van der Waals surface area contributed by atoms with Crippen LogP contribution in [0.5, 0.6) is 0 Å². The van der Waals surface area contributed by atoms with E-state index in [-0.39, 0.29) is 17.9 Å². The number of ether oxygens (including phenoxy) is 1. The number of urea groups is 1. The number of nitrogens with zero attached hydrogens (tertiary/aromatic N) is 1. The molecule has 1 fully saturated rings. The fraction of sp³-hybridized carbons (Fsp3) is 0.231. The maximum Gasteiger partial charge on any atom is 0.340 e. The number of Topliss-reactive ketones (excluding diaryl/α,β-unsaturated/α-hetero) is 1. The van der Waals surface area contributed by atoms with Crippen molar-refractivity contribution in [2.24, 2.45) is 0 Å². The average molecular weight is 460 g/mol. The van der Waals surface area contributed by atoms with Crippen molar-refractivity contribution in [1.82, 2.24) is 15.2 Å². The van der Waals surface area contributed by atoms with Crippen LogP contribution >= 0.6 is 0 Å². The Bertz CT molecular complexity index is 1220. The normalized spacial score (nSPS) is 14.7. The smallest absolute Gasteiger partial charge is 0.340 e. The van der Waals surface area contributed by atoms with Gasteiger partial charge in [0.2, 0.25) is 0 Å². The molecule has 0 atom stereocenters. The van der Waals surface area contributed by atoms with Gasteiger partial charge >= 0.3 is 12.0 Å². The highest BCUT2D eigenvalue weighted by molar-refractivity contribution is 6.13. The molecular formula is C26H25N3O5. The molecule has 0 spiro atoms. The van der Waals surface area contributed by atoms with E-state index in [1.165, 1.54) is 0 Å². The highest BCUT2D eigenvalue weighted by atomic mass is 16.5. The number of rotatable bonds is 7. The molecule has 0 aliphatic carbocycles. The maximum atomic E-state index is 13.8. The average Bonchev–Trinajstić information content (AvgIpc) is 3.28. The first-order chi connectivity index (χ1) is 16.3. The Morgan fingerprint density at radius 3 is 2.03 bits per heavy atom. The molecule has 0 unspecified atom stereocenters. The number of hydrogen-bond acceptors (Lipinski definition) is 5. The lowest BCUT2D eigenvalue weighted by Gasteiger charge is -2.27. The van der Waals surface area contributed by atoms with Gasteiger partial charge in [-0.15, -0.1) is 0 Å². The standard InChI is InChI=1S/C26H25N3O5/c1-4-34-23(31)21-16(2)22(27-17(21)3)20(30)15-29-24(32)26(28-25(29)33,18-11-7-5-8-12-18)19-13-9-6-10-14-19/h5-14,27H,4,15H2,1-3H3,(H,28,33). The van der Waals surface area contributed by atoms with Crippen LogP contribution in [0.2, 0.25) is 0 Å². The van der Waals surface area contributed by atoms with Crippen LogP contribution < -0.4 is 5.32 Å². The number of H-pyrrole nitrogens is 1. The van der Waals surface area contributed by atoms with Gasteiger partial charge in [-0.1, -0.05) is 60.7 Å². The van der Waals surface area contributed by atoms with Gasteiger partial charge in [0, 0.05) is 5.69 Å². The summed E-state index contributed by atoms with van der Waals surface area (Å²) >= 11 is 0. The molecule has 0 bridgehead atoms. The van der Waals surface area contributed by atoms with Crippen LogP contribution in [-0.2, 0) is 15.1 Å². The zero-order valence-electron chi connectivity index (χ0n) is 19.2. The van der Waals surface area contributed by atoms with Crippen LogP contribution in [0.4, 0.5) is 4.79 Å². The van der Waals surface area contributed by atoms with Crippen molar-refractivity contribution in [3.63, 3.8) is 0 Å². The summed E-state index contributed by atoms with van der Waals surface area (Å²) in [5.41, 5.74) is 1.08. The van der Waals surface area contributed by atoms with Crippen molar-refractivity contribution in [3.05, 3.63) is 94.3 Å². The van der Waals surface area contributed by atoms with Gasteiger partial charge in [-0.25, -0.2) is 9.59 Å². The van der Waals surface area contributed by atoms with Crippen molar-refractivity contribution >= 4 is 23.7 Å². The quantitative estimate of drug-likeness (QED) is 0.319. The number of aryl methyl sites for hydroxylation is 1. The zero-order valence-corrected chi connectivity index (χ0v) is 19.2. The van der Waals surface area contributed by atoms with E-state index in [9.17, 15) is 19.2 Å². The molecule has 0 radical (unpaired) electrons. The summed E-state index contributed by atoms with van der Waals surface area (Å²) in [6, 6.07) is 17.2. The molecule has 8 nitrogen and oxygen atoms in total. The third-order valence-corrected chi connectivity index (χ3v) is 6.02. The van der Waals surface area contributed by atoms with Crippen molar-refractivity contribution in [2.45, 2.75) is 26.3 Å². The number of hydrogen-bond donors (Lipinski definition) is 2. The SMILES string of the molecule is CCOC(=O)c1c(C)[nH]c(C(=O)CN2C(=O)NC(c3ccccc3)(c3ccccc3)C2=O)c1C. The van der Waals surface area contributed by atoms with E-state index in [0.717, 1.165) is 4.90 Å². The number of aromatic amines is 1. The van der Waals surface area contributed by atoms with E-state index in [4.69, 9.17) is 4.74 Å². The molecule has 34 heavy (non-hydrogen) atoms. The molecule has 8 heteroatoms. The van der Waals surface area contributed by atoms with Gasteiger partial charge in [-0.2, -0.15) is 0 Å². The first kappa shape index (κ1) is 23.0. The van der Waals surface area contributed by atoms with Crippen LogP contribution in [0.1, 0.15) is 50.2 Å². The van der Waals surface area contributed by atoms with Gasteiger partial charge in [0.05, 0.1) is 24.4 Å². The lowest BCUT2D eigenvalue weighted by molar-refractivity contribution is -0.129. The highest BCUT2D eigenvalue weighted by Gasteiger charge is 2.54. The minimum atomic E-state index is -1.45. The number of nitrogens with one attached hydrogen (secondary N) is 2. The Labute approximate surface area is 196 Å². The molecule has 2 aromatic carbocycles. The van der Waals surface area contributed by atoms with Crippen LogP contribution in [0.25, 0.3) is 0 Å². The molecule has 1 aromatic heterocycles. The van der Waals surface area contributed by atoms with E-state index >= 15 is 0 Å². The lowest BCUT2D eigenvalue weighted by Crippen LogP contribution is -2.45. The zero-order chi connectivity index (χ0) is 24.5. The molecule has 3 aromatic rings. The van der Waals surface area contributed by atoms with Gasteiger partial charge in [0.1, 0.15) is 0 Å². The van der Waals surface area contributed by atoms with Crippen LogP contribution in [-0.4, -0.2) is 46.7 Å². The molecule has 2 N–H and O–H groups in total. The first-order valence-corrected chi connectivity index (χ1v) is 11.0. The van der Waals surface area contributed by atoms with Crippen LogP contribution in [0.15, 0.2) is 60.7 Å². The predicted octanol–water partition coefficient (Wildman–Crippen LogP) is 3.49. The predicted molar refractivity (Wildman–Crippen MR) is 124 cm³/mol. The van der Waals surface area contributed by atoms with Crippen LogP contribution in [0.3, 0.4) is 0 Å². The lowest BCUT2D eigenvalue weighted by atomic mass is 9.82. The molecule has 3 amide bonds. The first-order valence-electron chi connectivity index (χ1n) is 11.0. The third-order valence-electron chi connectivity index (χ3n) is 6.02. The van der Waals surface area contributed by atoms with Crippen LogP contribution in [0, 0.1) is 13.8 Å². The van der Waals surface area contributed by atoms with E-state index in [0.29, 0.717) is 22.4 Å². The second kappa shape index (κ2) is 8.97. The third kappa shape index (κ3) is 3.67. The molecule has 1 saturated heterocycles.